The van der Waals surface area contributed by atoms with Crippen molar-refractivity contribution < 1.29 is 4.52 Å². The normalized spacial score (nSPS) is 10.6. The Bertz CT molecular complexity index is 462. The number of hydrogen-bond acceptors (Lipinski definition) is 3. The molecule has 84 valence electrons. The van der Waals surface area contributed by atoms with Crippen molar-refractivity contribution in [3.63, 3.8) is 0 Å². The summed E-state index contributed by atoms with van der Waals surface area (Å²) in [6.07, 6.45) is 0. The van der Waals surface area contributed by atoms with Crippen molar-refractivity contribution >= 4 is 0 Å². The highest BCUT2D eigenvalue weighted by atomic mass is 16.5. The molecule has 0 aliphatic rings. The number of aromatic nitrogens is 1. The van der Waals surface area contributed by atoms with E-state index in [1.807, 2.05) is 13.0 Å². The van der Waals surface area contributed by atoms with Gasteiger partial charge in [0.05, 0.1) is 12.2 Å². The summed E-state index contributed by atoms with van der Waals surface area (Å²) in [4.78, 5) is 0. The van der Waals surface area contributed by atoms with Crippen LogP contribution in [0.2, 0.25) is 0 Å². The fraction of sp³-hybridized carbons (Fsp3) is 0.308. The molecule has 3 nitrogen and oxygen atoms in total. The summed E-state index contributed by atoms with van der Waals surface area (Å²) in [6, 6.07) is 10.3. The van der Waals surface area contributed by atoms with Crippen LogP contribution in [0.3, 0.4) is 0 Å². The Labute approximate surface area is 95.5 Å². The second-order valence-corrected chi connectivity index (χ2v) is 3.96. The van der Waals surface area contributed by atoms with E-state index in [-0.39, 0.29) is 0 Å². The van der Waals surface area contributed by atoms with Crippen LogP contribution in [0.5, 0.6) is 0 Å². The van der Waals surface area contributed by atoms with Gasteiger partial charge < -0.3 is 9.84 Å². The molecule has 2 rings (SSSR count). The maximum atomic E-state index is 5.12. The van der Waals surface area contributed by atoms with Gasteiger partial charge in [0.15, 0.2) is 5.76 Å². The zero-order valence-corrected chi connectivity index (χ0v) is 9.66. The molecule has 0 radical (unpaired) electrons. The molecule has 16 heavy (non-hydrogen) atoms. The third kappa shape index (κ3) is 2.70. The fourth-order valence-corrected chi connectivity index (χ4v) is 1.63. The van der Waals surface area contributed by atoms with E-state index in [1.54, 1.807) is 0 Å². The van der Waals surface area contributed by atoms with E-state index in [4.69, 9.17) is 4.52 Å². The quantitative estimate of drug-likeness (QED) is 0.853. The third-order valence-corrected chi connectivity index (χ3v) is 2.55. The highest BCUT2D eigenvalue weighted by Gasteiger charge is 2.00. The van der Waals surface area contributed by atoms with E-state index in [2.05, 4.69) is 41.7 Å². The molecule has 0 saturated carbocycles. The van der Waals surface area contributed by atoms with Gasteiger partial charge in [-0.05, 0) is 25.0 Å². The standard InChI is InChI=1S/C13H16N2O/c1-10-5-3-4-6-12(10)8-14-9-13-7-11(2)15-16-13/h3-7,14H,8-9H2,1-2H3. The average Bonchev–Trinajstić information content (AvgIpc) is 2.67. The molecule has 1 N–H and O–H groups in total. The first-order valence-electron chi connectivity index (χ1n) is 5.43. The van der Waals surface area contributed by atoms with Crippen LogP contribution in [-0.4, -0.2) is 5.16 Å². The minimum Gasteiger partial charge on any atom is -0.360 e. The third-order valence-electron chi connectivity index (χ3n) is 2.55. The molecule has 2 aromatic rings. The van der Waals surface area contributed by atoms with Crippen molar-refractivity contribution in [1.29, 1.82) is 0 Å². The van der Waals surface area contributed by atoms with Crippen LogP contribution >= 0.6 is 0 Å². The number of aryl methyl sites for hydroxylation is 2. The molecule has 0 aliphatic carbocycles. The van der Waals surface area contributed by atoms with Crippen molar-refractivity contribution in [2.45, 2.75) is 26.9 Å². The average molecular weight is 216 g/mol. The number of rotatable bonds is 4. The number of benzene rings is 1. The van der Waals surface area contributed by atoms with Gasteiger partial charge in [0.25, 0.3) is 0 Å². The van der Waals surface area contributed by atoms with E-state index >= 15 is 0 Å². The minimum absolute atomic E-state index is 0.717. The maximum absolute atomic E-state index is 5.12. The topological polar surface area (TPSA) is 38.1 Å². The van der Waals surface area contributed by atoms with Crippen LogP contribution in [-0.2, 0) is 13.1 Å². The largest absolute Gasteiger partial charge is 0.360 e. The number of nitrogens with one attached hydrogen (secondary N) is 1. The van der Waals surface area contributed by atoms with Gasteiger partial charge in [-0.3, -0.25) is 0 Å². The molecule has 0 bridgehead atoms. The first-order chi connectivity index (χ1) is 7.75. The minimum atomic E-state index is 0.717. The van der Waals surface area contributed by atoms with Gasteiger partial charge in [-0.1, -0.05) is 29.4 Å². The van der Waals surface area contributed by atoms with Crippen LogP contribution in [0.25, 0.3) is 0 Å². The van der Waals surface area contributed by atoms with E-state index in [0.717, 1.165) is 24.5 Å². The summed E-state index contributed by atoms with van der Waals surface area (Å²) < 4.78 is 5.12. The molecule has 0 saturated heterocycles. The van der Waals surface area contributed by atoms with Crippen LogP contribution in [0.15, 0.2) is 34.9 Å². The molecule has 0 aliphatic heterocycles. The molecule has 1 aromatic heterocycles. The Kier molecular flexibility index (Phi) is 3.37. The second-order valence-electron chi connectivity index (χ2n) is 3.96. The van der Waals surface area contributed by atoms with Crippen molar-refractivity contribution in [1.82, 2.24) is 10.5 Å². The highest BCUT2D eigenvalue weighted by Crippen LogP contribution is 2.07. The predicted octanol–water partition coefficient (Wildman–Crippen LogP) is 2.58. The van der Waals surface area contributed by atoms with Crippen LogP contribution in [0.1, 0.15) is 22.6 Å². The zero-order valence-electron chi connectivity index (χ0n) is 9.66. The Balaban J connectivity index is 1.87. The lowest BCUT2D eigenvalue weighted by Gasteiger charge is -2.05. The SMILES string of the molecule is Cc1cc(CNCc2ccccc2C)on1. The van der Waals surface area contributed by atoms with Gasteiger partial charge in [0, 0.05) is 12.6 Å². The van der Waals surface area contributed by atoms with Gasteiger partial charge in [-0.25, -0.2) is 0 Å². The first-order valence-corrected chi connectivity index (χ1v) is 5.43. The molecular formula is C13H16N2O. The lowest BCUT2D eigenvalue weighted by atomic mass is 10.1. The first kappa shape index (κ1) is 10.9. The van der Waals surface area contributed by atoms with Gasteiger partial charge in [-0.2, -0.15) is 0 Å². The second kappa shape index (κ2) is 4.94. The van der Waals surface area contributed by atoms with E-state index in [1.165, 1.54) is 11.1 Å². The Morgan fingerprint density at radius 2 is 2.00 bits per heavy atom. The summed E-state index contributed by atoms with van der Waals surface area (Å²) in [5.74, 6) is 0.881. The summed E-state index contributed by atoms with van der Waals surface area (Å²) in [5, 5.41) is 7.18. The summed E-state index contributed by atoms with van der Waals surface area (Å²) in [7, 11) is 0. The molecule has 0 spiro atoms. The lowest BCUT2D eigenvalue weighted by Crippen LogP contribution is -2.12. The Morgan fingerprint density at radius 1 is 1.19 bits per heavy atom. The summed E-state index contributed by atoms with van der Waals surface area (Å²) in [6.45, 7) is 5.62. The number of hydrogen-bond donors (Lipinski definition) is 1. The molecule has 1 heterocycles. The molecule has 0 fully saturated rings. The summed E-state index contributed by atoms with van der Waals surface area (Å²) >= 11 is 0. The van der Waals surface area contributed by atoms with E-state index < -0.39 is 0 Å². The monoisotopic (exact) mass is 216 g/mol. The molecule has 0 amide bonds. The molecule has 0 atom stereocenters. The number of nitrogens with zero attached hydrogens (tertiary/aromatic N) is 1. The van der Waals surface area contributed by atoms with Crippen LogP contribution in [0, 0.1) is 13.8 Å². The van der Waals surface area contributed by atoms with E-state index in [9.17, 15) is 0 Å². The van der Waals surface area contributed by atoms with Crippen molar-refractivity contribution in [2.24, 2.45) is 0 Å². The molecular weight excluding hydrogens is 200 g/mol. The maximum Gasteiger partial charge on any atom is 0.150 e. The molecule has 3 heteroatoms. The van der Waals surface area contributed by atoms with Gasteiger partial charge in [0.2, 0.25) is 0 Å². The predicted molar refractivity (Wildman–Crippen MR) is 63.0 cm³/mol. The zero-order chi connectivity index (χ0) is 11.4. The van der Waals surface area contributed by atoms with Crippen LogP contribution in [0.4, 0.5) is 0 Å². The van der Waals surface area contributed by atoms with Crippen molar-refractivity contribution in [3.8, 4) is 0 Å². The smallest absolute Gasteiger partial charge is 0.150 e. The Morgan fingerprint density at radius 3 is 2.69 bits per heavy atom. The molecule has 1 aromatic carbocycles. The van der Waals surface area contributed by atoms with E-state index in [0.29, 0.717) is 0 Å². The lowest BCUT2D eigenvalue weighted by molar-refractivity contribution is 0.369. The van der Waals surface area contributed by atoms with Crippen molar-refractivity contribution in [3.05, 3.63) is 52.9 Å². The van der Waals surface area contributed by atoms with Gasteiger partial charge in [0.1, 0.15) is 0 Å². The van der Waals surface area contributed by atoms with Crippen LogP contribution < -0.4 is 5.32 Å². The molecule has 0 unspecified atom stereocenters. The Hall–Kier alpha value is -1.61. The highest BCUT2D eigenvalue weighted by molar-refractivity contribution is 5.25. The van der Waals surface area contributed by atoms with Gasteiger partial charge in [-0.15, -0.1) is 0 Å². The van der Waals surface area contributed by atoms with Gasteiger partial charge >= 0.3 is 0 Å². The summed E-state index contributed by atoms with van der Waals surface area (Å²) in [5.41, 5.74) is 3.55. The fourth-order valence-electron chi connectivity index (χ4n) is 1.63. The van der Waals surface area contributed by atoms with Crippen molar-refractivity contribution in [2.75, 3.05) is 0 Å².